The topological polar surface area (TPSA) is 109 Å². The maximum Gasteiger partial charge on any atom is 0.325 e. The van der Waals surface area contributed by atoms with Gasteiger partial charge in [-0.15, -0.1) is 0 Å². The first kappa shape index (κ1) is 12.6. The summed E-state index contributed by atoms with van der Waals surface area (Å²) in [6.07, 6.45) is -0.485. The summed E-state index contributed by atoms with van der Waals surface area (Å²) in [5.41, 5.74) is -0.989. The lowest BCUT2D eigenvalue weighted by Gasteiger charge is -2.23. The van der Waals surface area contributed by atoms with E-state index in [0.717, 1.165) is 11.1 Å². The quantitative estimate of drug-likeness (QED) is 0.768. The molecule has 7 heteroatoms. The summed E-state index contributed by atoms with van der Waals surface area (Å²) >= 11 is 0. The molecule has 0 aliphatic rings. The van der Waals surface area contributed by atoms with Gasteiger partial charge in [-0.25, -0.2) is 4.79 Å². The standard InChI is InChI=1S/C12H11N3O4/c16-10-9(6-13-11(17)14-10)15(12(18)19)7-8-4-2-1-3-5-8/h1-6H,7H2,(H,18,19)(H2,13,14,16,17)/p-1. The van der Waals surface area contributed by atoms with E-state index in [1.54, 1.807) is 30.3 Å². The summed E-state index contributed by atoms with van der Waals surface area (Å²) in [5, 5.41) is 11.1. The summed E-state index contributed by atoms with van der Waals surface area (Å²) < 4.78 is 0. The Morgan fingerprint density at radius 1 is 1.21 bits per heavy atom. The first-order valence-corrected chi connectivity index (χ1v) is 5.42. The van der Waals surface area contributed by atoms with Crippen LogP contribution in [0.15, 0.2) is 46.1 Å². The molecule has 0 saturated carbocycles. The number of nitrogens with one attached hydrogen (secondary N) is 2. The van der Waals surface area contributed by atoms with Gasteiger partial charge in [0.1, 0.15) is 11.8 Å². The first-order chi connectivity index (χ1) is 9.08. The van der Waals surface area contributed by atoms with Crippen LogP contribution in [0.1, 0.15) is 5.56 Å². The Kier molecular flexibility index (Phi) is 3.46. The third-order valence-corrected chi connectivity index (χ3v) is 2.49. The van der Waals surface area contributed by atoms with Gasteiger partial charge in [0, 0.05) is 12.7 Å². The number of benzene rings is 1. The van der Waals surface area contributed by atoms with Crippen LogP contribution < -0.4 is 21.3 Å². The number of carbonyl (C=O) groups is 1. The van der Waals surface area contributed by atoms with E-state index in [-0.39, 0.29) is 12.2 Å². The monoisotopic (exact) mass is 260 g/mol. The second-order valence-electron chi connectivity index (χ2n) is 3.79. The molecule has 7 nitrogen and oxygen atoms in total. The molecule has 1 aromatic heterocycles. The normalized spacial score (nSPS) is 10.1. The molecule has 0 aliphatic heterocycles. The zero-order chi connectivity index (χ0) is 13.8. The van der Waals surface area contributed by atoms with Crippen molar-refractivity contribution in [2.45, 2.75) is 6.54 Å². The van der Waals surface area contributed by atoms with Gasteiger partial charge in [0.25, 0.3) is 5.56 Å². The zero-order valence-corrected chi connectivity index (χ0v) is 9.75. The highest BCUT2D eigenvalue weighted by Gasteiger charge is 2.12. The van der Waals surface area contributed by atoms with Crippen LogP contribution in [0.4, 0.5) is 10.5 Å². The SMILES string of the molecule is O=C([O-])N(Cc1ccccc1)c1c[nH]c(=O)[nH]c1=O. The minimum atomic E-state index is -1.53. The number of H-pyrrole nitrogens is 2. The van der Waals surface area contributed by atoms with Crippen LogP contribution >= 0.6 is 0 Å². The average molecular weight is 260 g/mol. The number of anilines is 1. The number of aromatic amines is 2. The van der Waals surface area contributed by atoms with Gasteiger partial charge in [-0.2, -0.15) is 0 Å². The number of hydrogen-bond donors (Lipinski definition) is 2. The minimum Gasteiger partial charge on any atom is -0.530 e. The molecule has 0 spiro atoms. The molecule has 0 aliphatic carbocycles. The molecule has 0 fully saturated rings. The molecule has 0 unspecified atom stereocenters. The molecule has 1 aromatic carbocycles. The lowest BCUT2D eigenvalue weighted by Crippen LogP contribution is -2.44. The molecular formula is C12H10N3O4-. The maximum atomic E-state index is 11.6. The third kappa shape index (κ3) is 2.89. The molecule has 1 amide bonds. The summed E-state index contributed by atoms with van der Waals surface area (Å²) in [6.45, 7) is -0.0434. The Bertz CT molecular complexity index is 690. The molecule has 98 valence electrons. The van der Waals surface area contributed by atoms with Crippen molar-refractivity contribution in [3.8, 4) is 0 Å². The number of carbonyl (C=O) groups excluding carboxylic acids is 1. The molecule has 2 rings (SSSR count). The molecule has 0 saturated heterocycles. The van der Waals surface area contributed by atoms with Gasteiger partial charge in [0.15, 0.2) is 0 Å². The summed E-state index contributed by atoms with van der Waals surface area (Å²) in [4.78, 5) is 38.5. The van der Waals surface area contributed by atoms with E-state index in [4.69, 9.17) is 0 Å². The predicted octanol–water partition coefficient (Wildman–Crippen LogP) is -0.587. The third-order valence-electron chi connectivity index (χ3n) is 2.49. The van der Waals surface area contributed by atoms with Crippen molar-refractivity contribution in [3.05, 3.63) is 62.9 Å². The number of carboxylic acid groups (broad SMARTS) is 1. The highest BCUT2D eigenvalue weighted by Crippen LogP contribution is 2.10. The Labute approximate surface area is 107 Å². The summed E-state index contributed by atoms with van der Waals surface area (Å²) in [7, 11) is 0. The van der Waals surface area contributed by atoms with Crippen LogP contribution in [0.25, 0.3) is 0 Å². The van der Waals surface area contributed by atoms with E-state index in [1.165, 1.54) is 0 Å². The molecule has 1 heterocycles. The predicted molar refractivity (Wildman–Crippen MR) is 65.7 cm³/mol. The number of amides is 1. The number of hydrogen-bond acceptors (Lipinski definition) is 4. The van der Waals surface area contributed by atoms with Crippen LogP contribution in [-0.2, 0) is 6.54 Å². The van der Waals surface area contributed by atoms with E-state index >= 15 is 0 Å². The van der Waals surface area contributed by atoms with Crippen molar-refractivity contribution in [3.63, 3.8) is 0 Å². The van der Waals surface area contributed by atoms with Crippen molar-refractivity contribution < 1.29 is 9.90 Å². The molecule has 19 heavy (non-hydrogen) atoms. The second-order valence-corrected chi connectivity index (χ2v) is 3.79. The Hall–Kier alpha value is -2.83. The van der Waals surface area contributed by atoms with E-state index in [2.05, 4.69) is 4.98 Å². The first-order valence-electron chi connectivity index (χ1n) is 5.42. The van der Waals surface area contributed by atoms with E-state index in [9.17, 15) is 19.5 Å². The van der Waals surface area contributed by atoms with E-state index in [1.807, 2.05) is 4.98 Å². The van der Waals surface area contributed by atoms with Gasteiger partial charge in [-0.3, -0.25) is 9.78 Å². The minimum absolute atomic E-state index is 0.0434. The van der Waals surface area contributed by atoms with Crippen LogP contribution in [0.2, 0.25) is 0 Å². The highest BCUT2D eigenvalue weighted by atomic mass is 16.4. The molecule has 0 atom stereocenters. The number of aromatic nitrogens is 2. The van der Waals surface area contributed by atoms with Gasteiger partial charge in [0.2, 0.25) is 0 Å². The molecule has 2 N–H and O–H groups in total. The Morgan fingerprint density at radius 2 is 1.89 bits per heavy atom. The molecule has 0 radical (unpaired) electrons. The van der Waals surface area contributed by atoms with Gasteiger partial charge in [-0.1, -0.05) is 30.3 Å². The molecular weight excluding hydrogens is 250 g/mol. The van der Waals surface area contributed by atoms with Crippen LogP contribution in [0.5, 0.6) is 0 Å². The van der Waals surface area contributed by atoms with Crippen LogP contribution in [-0.4, -0.2) is 16.1 Å². The summed E-state index contributed by atoms with van der Waals surface area (Å²) in [5.74, 6) is 0. The van der Waals surface area contributed by atoms with Gasteiger partial charge in [0.05, 0.1) is 0 Å². The number of rotatable bonds is 3. The van der Waals surface area contributed by atoms with Crippen LogP contribution in [0, 0.1) is 0 Å². The van der Waals surface area contributed by atoms with Gasteiger partial charge >= 0.3 is 5.69 Å². The lowest BCUT2D eigenvalue weighted by atomic mass is 10.2. The average Bonchev–Trinajstić information content (AvgIpc) is 2.38. The second kappa shape index (κ2) is 5.21. The fourth-order valence-corrected chi connectivity index (χ4v) is 1.62. The maximum absolute atomic E-state index is 11.6. The van der Waals surface area contributed by atoms with Crippen molar-refractivity contribution >= 4 is 11.8 Å². The Balaban J connectivity index is 2.38. The van der Waals surface area contributed by atoms with Crippen LogP contribution in [0.3, 0.4) is 0 Å². The largest absolute Gasteiger partial charge is 0.530 e. The molecule has 0 bridgehead atoms. The van der Waals surface area contributed by atoms with Crippen molar-refractivity contribution in [2.24, 2.45) is 0 Å². The highest BCUT2D eigenvalue weighted by molar-refractivity contribution is 5.83. The zero-order valence-electron chi connectivity index (χ0n) is 9.75. The van der Waals surface area contributed by atoms with Gasteiger partial charge in [-0.05, 0) is 5.56 Å². The molecule has 2 aromatic rings. The lowest BCUT2D eigenvalue weighted by molar-refractivity contribution is -0.246. The van der Waals surface area contributed by atoms with Gasteiger partial charge < -0.3 is 19.8 Å². The Morgan fingerprint density at radius 3 is 2.47 bits per heavy atom. The van der Waals surface area contributed by atoms with E-state index < -0.39 is 17.3 Å². The fraction of sp³-hybridized carbons (Fsp3) is 0.0833. The van der Waals surface area contributed by atoms with Crippen molar-refractivity contribution in [1.29, 1.82) is 0 Å². The summed E-state index contributed by atoms with van der Waals surface area (Å²) in [6, 6.07) is 8.73. The fourth-order valence-electron chi connectivity index (χ4n) is 1.62. The van der Waals surface area contributed by atoms with Crippen molar-refractivity contribution in [2.75, 3.05) is 4.90 Å². The smallest absolute Gasteiger partial charge is 0.325 e. The number of nitrogens with zero attached hydrogens (tertiary/aromatic N) is 1. The van der Waals surface area contributed by atoms with E-state index in [0.29, 0.717) is 5.56 Å². The van der Waals surface area contributed by atoms with Crippen molar-refractivity contribution in [1.82, 2.24) is 9.97 Å².